The highest BCUT2D eigenvalue weighted by Crippen LogP contribution is 2.29. The minimum atomic E-state index is -3.92. The van der Waals surface area contributed by atoms with Gasteiger partial charge in [0, 0.05) is 44.0 Å². The number of carbonyl (C=O) groups excluding carboxylic acids is 2. The molecular weight excluding hydrogens is 648 g/mol. The molecule has 1 aliphatic heterocycles. The topological polar surface area (TPSA) is 147 Å². The van der Waals surface area contributed by atoms with Crippen LogP contribution in [-0.2, 0) is 14.8 Å². The van der Waals surface area contributed by atoms with Gasteiger partial charge in [0.1, 0.15) is 11.5 Å². The lowest BCUT2D eigenvalue weighted by atomic mass is 10.0. The van der Waals surface area contributed by atoms with E-state index >= 15 is 0 Å². The number of urea groups is 1. The van der Waals surface area contributed by atoms with Crippen LogP contribution in [0.25, 0.3) is 0 Å². The van der Waals surface area contributed by atoms with Crippen molar-refractivity contribution in [3.05, 3.63) is 78.4 Å². The van der Waals surface area contributed by atoms with E-state index in [1.807, 2.05) is 13.8 Å². The number of hydrogen-bond acceptors (Lipinski definition) is 8. The zero-order valence-electron chi connectivity index (χ0n) is 28.8. The fourth-order valence-electron chi connectivity index (χ4n) is 5.51. The Balaban J connectivity index is 1.60. The number of fused-ring (bicyclic) bond motifs is 1. The van der Waals surface area contributed by atoms with Crippen molar-refractivity contribution in [2.45, 2.75) is 63.2 Å². The van der Waals surface area contributed by atoms with Gasteiger partial charge in [-0.25, -0.2) is 13.2 Å². The molecule has 3 aromatic rings. The monoisotopic (exact) mass is 696 g/mol. The number of aliphatic hydroxyl groups is 1. The molecule has 0 bridgehead atoms. The summed E-state index contributed by atoms with van der Waals surface area (Å²) in [5.41, 5.74) is 0.980. The van der Waals surface area contributed by atoms with Crippen LogP contribution in [0.15, 0.2) is 77.7 Å². The van der Waals surface area contributed by atoms with Crippen molar-refractivity contribution in [2.75, 3.05) is 50.5 Å². The number of sulfonamides is 1. The molecule has 13 heteroatoms. The van der Waals surface area contributed by atoms with Crippen LogP contribution in [0.1, 0.15) is 50.4 Å². The molecule has 0 saturated carbocycles. The molecule has 0 radical (unpaired) electrons. The van der Waals surface area contributed by atoms with Gasteiger partial charge < -0.3 is 34.4 Å². The first-order valence-electron chi connectivity index (χ1n) is 16.5. The van der Waals surface area contributed by atoms with Gasteiger partial charge >= 0.3 is 6.03 Å². The lowest BCUT2D eigenvalue weighted by molar-refractivity contribution is -0.0115. The smallest absolute Gasteiger partial charge is 0.321 e. The summed E-state index contributed by atoms with van der Waals surface area (Å²) in [6.45, 7) is 6.20. The highest BCUT2D eigenvalue weighted by molar-refractivity contribution is 7.92. The summed E-state index contributed by atoms with van der Waals surface area (Å²) in [6, 6.07) is 18.7. The maximum absolute atomic E-state index is 14.4. The summed E-state index contributed by atoms with van der Waals surface area (Å²) in [5.74, 6) is 0.304. The molecule has 0 spiro atoms. The number of amides is 3. The number of likely N-dealkylation sites (N-methyl/N-ethyl adjacent to an activating group) is 1. The van der Waals surface area contributed by atoms with Crippen LogP contribution in [0.5, 0.6) is 11.5 Å². The SMILES string of the molecule is COc1ccc(NC(=O)N(C)C[C@@H]2OCCCC[C@@H](C)Oc3ccc(NS(=O)(=O)c4ccccc4)cc3C(=O)N([C@H](C)CO)C[C@H]2C)cc1. The van der Waals surface area contributed by atoms with Gasteiger partial charge in [0.25, 0.3) is 15.9 Å². The van der Waals surface area contributed by atoms with Crippen LogP contribution in [-0.4, -0.2) is 94.0 Å². The van der Waals surface area contributed by atoms with E-state index in [-0.39, 0.29) is 53.9 Å². The summed E-state index contributed by atoms with van der Waals surface area (Å²) < 4.78 is 46.6. The molecule has 0 aliphatic carbocycles. The van der Waals surface area contributed by atoms with Gasteiger partial charge in [-0.2, -0.15) is 0 Å². The second-order valence-corrected chi connectivity index (χ2v) is 14.2. The lowest BCUT2D eigenvalue weighted by Crippen LogP contribution is -2.48. The van der Waals surface area contributed by atoms with E-state index in [1.54, 1.807) is 85.5 Å². The molecule has 0 fully saturated rings. The van der Waals surface area contributed by atoms with Crippen LogP contribution >= 0.6 is 0 Å². The predicted octanol–water partition coefficient (Wildman–Crippen LogP) is 5.46. The van der Waals surface area contributed by atoms with E-state index in [0.29, 0.717) is 30.2 Å². The van der Waals surface area contributed by atoms with Gasteiger partial charge in [-0.3, -0.25) is 9.52 Å². The van der Waals surface area contributed by atoms with Crippen molar-refractivity contribution >= 4 is 33.3 Å². The highest BCUT2D eigenvalue weighted by atomic mass is 32.2. The maximum atomic E-state index is 14.4. The molecule has 12 nitrogen and oxygen atoms in total. The molecule has 3 N–H and O–H groups in total. The zero-order valence-corrected chi connectivity index (χ0v) is 29.6. The number of nitrogens with one attached hydrogen (secondary N) is 2. The molecule has 1 aliphatic rings. The Morgan fingerprint density at radius 3 is 2.43 bits per heavy atom. The van der Waals surface area contributed by atoms with Crippen LogP contribution in [0.2, 0.25) is 0 Å². The Hall–Kier alpha value is -4.33. The minimum Gasteiger partial charge on any atom is -0.497 e. The number of benzene rings is 3. The molecular formula is C36H48N4O8S. The van der Waals surface area contributed by atoms with Crippen molar-refractivity contribution in [3.8, 4) is 11.5 Å². The summed E-state index contributed by atoms with van der Waals surface area (Å²) >= 11 is 0. The average Bonchev–Trinajstić information content (AvgIpc) is 3.10. The van der Waals surface area contributed by atoms with Crippen LogP contribution in [0, 0.1) is 5.92 Å². The van der Waals surface area contributed by atoms with Crippen LogP contribution < -0.4 is 19.5 Å². The van der Waals surface area contributed by atoms with Crippen molar-refractivity contribution in [3.63, 3.8) is 0 Å². The fourth-order valence-corrected chi connectivity index (χ4v) is 6.58. The molecule has 4 rings (SSSR count). The van der Waals surface area contributed by atoms with E-state index < -0.39 is 28.1 Å². The number of hydrogen-bond donors (Lipinski definition) is 3. The van der Waals surface area contributed by atoms with Gasteiger partial charge in [-0.05, 0) is 87.7 Å². The average molecular weight is 697 g/mol. The lowest BCUT2D eigenvalue weighted by Gasteiger charge is -2.35. The van der Waals surface area contributed by atoms with Crippen molar-refractivity contribution in [1.82, 2.24) is 9.80 Å². The van der Waals surface area contributed by atoms with E-state index in [9.17, 15) is 23.1 Å². The van der Waals surface area contributed by atoms with E-state index in [4.69, 9.17) is 14.2 Å². The number of rotatable bonds is 9. The first kappa shape index (κ1) is 37.5. The van der Waals surface area contributed by atoms with Crippen LogP contribution in [0.4, 0.5) is 16.2 Å². The molecule has 0 saturated heterocycles. The van der Waals surface area contributed by atoms with Crippen molar-refractivity contribution in [1.29, 1.82) is 0 Å². The van der Waals surface area contributed by atoms with Gasteiger partial charge in [-0.15, -0.1) is 0 Å². The normalized spacial score (nSPS) is 19.8. The van der Waals surface area contributed by atoms with E-state index in [1.165, 1.54) is 18.2 Å². The highest BCUT2D eigenvalue weighted by Gasteiger charge is 2.31. The Bertz CT molecular complexity index is 1640. The first-order valence-corrected chi connectivity index (χ1v) is 18.0. The molecule has 4 atom stereocenters. The molecule has 1 heterocycles. The molecule has 3 aromatic carbocycles. The summed E-state index contributed by atoms with van der Waals surface area (Å²) in [5, 5.41) is 13.1. The standard InChI is InChI=1S/C36H48N4O8S/c1-25-22-40(26(2)24-41)35(42)32-21-29(38-49(44,45)31-12-7-6-8-13-31)16-19-33(32)48-27(3)11-9-10-20-47-34(25)23-39(4)36(43)37-28-14-17-30(46-5)18-15-28/h6-8,12-19,21,25-27,34,38,41H,9-11,20,22-24H2,1-5H3,(H,37,43)/t25-,26-,27-,34+/m1/s1. The van der Waals surface area contributed by atoms with Crippen molar-refractivity contribution in [2.24, 2.45) is 5.92 Å². The van der Waals surface area contributed by atoms with Crippen molar-refractivity contribution < 1.29 is 37.3 Å². The van der Waals surface area contributed by atoms with Gasteiger partial charge in [0.05, 0.1) is 42.4 Å². The largest absolute Gasteiger partial charge is 0.497 e. The molecule has 0 aromatic heterocycles. The number of anilines is 2. The third kappa shape index (κ3) is 10.3. The van der Waals surface area contributed by atoms with Gasteiger partial charge in [0.15, 0.2) is 0 Å². The summed E-state index contributed by atoms with van der Waals surface area (Å²) in [6.07, 6.45) is 1.59. The van der Waals surface area contributed by atoms with Crippen LogP contribution in [0.3, 0.4) is 0 Å². The Morgan fingerprint density at radius 2 is 1.76 bits per heavy atom. The third-order valence-corrected chi connectivity index (χ3v) is 9.90. The molecule has 3 amide bonds. The Morgan fingerprint density at radius 1 is 1.06 bits per heavy atom. The molecule has 266 valence electrons. The van der Waals surface area contributed by atoms with Gasteiger partial charge in [-0.1, -0.05) is 25.1 Å². The fraction of sp³-hybridized carbons (Fsp3) is 0.444. The Kier molecular flexibility index (Phi) is 13.3. The Labute approximate surface area is 289 Å². The summed E-state index contributed by atoms with van der Waals surface area (Å²) in [4.78, 5) is 30.7. The number of carbonyl (C=O) groups is 2. The summed E-state index contributed by atoms with van der Waals surface area (Å²) in [7, 11) is -0.662. The quantitative estimate of drug-likeness (QED) is 0.268. The van der Waals surface area contributed by atoms with E-state index in [0.717, 1.165) is 12.8 Å². The molecule has 49 heavy (non-hydrogen) atoms. The molecule has 0 unspecified atom stereocenters. The second-order valence-electron chi connectivity index (χ2n) is 12.5. The third-order valence-electron chi connectivity index (χ3n) is 8.50. The number of nitrogens with zero attached hydrogens (tertiary/aromatic N) is 2. The number of aliphatic hydroxyl groups excluding tert-OH is 1. The first-order chi connectivity index (χ1) is 23.4. The number of ether oxygens (including phenoxy) is 3. The minimum absolute atomic E-state index is 0.0873. The van der Waals surface area contributed by atoms with E-state index in [2.05, 4.69) is 10.0 Å². The second kappa shape index (κ2) is 17.4. The zero-order chi connectivity index (χ0) is 35.6. The maximum Gasteiger partial charge on any atom is 0.321 e. The predicted molar refractivity (Wildman–Crippen MR) is 189 cm³/mol. The number of methoxy groups -OCH3 is 1. The van der Waals surface area contributed by atoms with Gasteiger partial charge in [0.2, 0.25) is 0 Å².